The number of aliphatic hydroxyl groups excluding tert-OH is 3. The van der Waals surface area contributed by atoms with Crippen LogP contribution in [0.2, 0.25) is 0 Å². The summed E-state index contributed by atoms with van der Waals surface area (Å²) in [5.74, 6) is 0. The van der Waals surface area contributed by atoms with Crippen LogP contribution in [-0.4, -0.2) is 133 Å². The van der Waals surface area contributed by atoms with Crippen LogP contribution in [-0.2, 0) is 0 Å². The molecule has 0 bridgehead atoms. The molecule has 1 rings (SSSR count). The minimum absolute atomic E-state index is 0.186. The quantitative estimate of drug-likeness (QED) is 0.548. The van der Waals surface area contributed by atoms with E-state index in [2.05, 4.69) is 26.5 Å². The maximum Gasteiger partial charge on any atom is 0.0558 e. The van der Waals surface area contributed by atoms with Gasteiger partial charge in [0.05, 0.1) is 19.8 Å². The number of β-amino-alcohol motifs (C(OH)–C–C–N with tert-alkyl or cyclic N) is 3. The molecule has 0 spiro atoms. The fourth-order valence-corrected chi connectivity index (χ4v) is 3.70. The minimum atomic E-state index is 0.186. The highest BCUT2D eigenvalue weighted by Gasteiger charge is 2.12. The van der Waals surface area contributed by atoms with E-state index in [1.54, 1.807) is 0 Å². The molecule has 0 radical (unpaired) electrons. The Hall–Kier alpha value is -0.280. The van der Waals surface area contributed by atoms with Gasteiger partial charge in [0.2, 0.25) is 0 Å². The van der Waals surface area contributed by atoms with Gasteiger partial charge in [0, 0.05) is 32.7 Å². The normalized spacial score (nSPS) is 22.2. The van der Waals surface area contributed by atoms with Crippen molar-refractivity contribution in [3.05, 3.63) is 0 Å². The van der Waals surface area contributed by atoms with E-state index in [1.165, 1.54) is 0 Å². The predicted octanol–water partition coefficient (Wildman–Crippen LogP) is -0.625. The molecule has 0 unspecified atom stereocenters. The molecule has 0 saturated carbocycles. The molecule has 1 fully saturated rings. The van der Waals surface area contributed by atoms with Crippen molar-refractivity contribution in [2.24, 2.45) is 0 Å². The average molecular weight is 375 g/mol. The maximum atomic E-state index is 9.34. The van der Waals surface area contributed by atoms with Crippen molar-refractivity contribution in [1.82, 2.24) is 19.6 Å². The Kier molecular flexibility index (Phi) is 14.4. The number of nitrogens with zero attached hydrogens (tertiary/aromatic N) is 4. The highest BCUT2D eigenvalue weighted by atomic mass is 16.3. The first-order valence-corrected chi connectivity index (χ1v) is 10.5. The summed E-state index contributed by atoms with van der Waals surface area (Å²) in [6.45, 7) is 14.2. The minimum Gasteiger partial charge on any atom is -0.395 e. The third-order valence-electron chi connectivity index (χ3n) is 5.27. The molecule has 0 atom stereocenters. The van der Waals surface area contributed by atoms with Crippen LogP contribution in [0.3, 0.4) is 0 Å². The lowest BCUT2D eigenvalue weighted by atomic mass is 10.3. The Balaban J connectivity index is 2.65. The lowest BCUT2D eigenvalue weighted by Crippen LogP contribution is -2.40. The monoisotopic (exact) mass is 374 g/mol. The van der Waals surface area contributed by atoms with Crippen molar-refractivity contribution in [3.63, 3.8) is 0 Å². The number of aliphatic hydroxyl groups is 3. The van der Waals surface area contributed by atoms with Gasteiger partial charge in [-0.05, 0) is 65.1 Å². The molecule has 7 nitrogen and oxygen atoms in total. The fourth-order valence-electron chi connectivity index (χ4n) is 3.70. The van der Waals surface area contributed by atoms with Crippen LogP contribution < -0.4 is 0 Å². The Bertz CT molecular complexity index is 323. The molecule has 0 aromatic carbocycles. The predicted molar refractivity (Wildman–Crippen MR) is 107 cm³/mol. The van der Waals surface area contributed by atoms with Crippen LogP contribution in [0.5, 0.6) is 0 Å². The zero-order valence-corrected chi connectivity index (χ0v) is 16.9. The molecule has 1 saturated heterocycles. The zero-order chi connectivity index (χ0) is 19.0. The van der Waals surface area contributed by atoms with Crippen LogP contribution in [0.15, 0.2) is 0 Å². The fraction of sp³-hybridized carbons (Fsp3) is 1.00. The second-order valence-corrected chi connectivity index (χ2v) is 7.19. The Morgan fingerprint density at radius 3 is 1.12 bits per heavy atom. The first kappa shape index (κ1) is 23.8. The van der Waals surface area contributed by atoms with Gasteiger partial charge in [0.1, 0.15) is 0 Å². The molecule has 26 heavy (non-hydrogen) atoms. The molecule has 0 aromatic rings. The number of rotatable bonds is 7. The van der Waals surface area contributed by atoms with E-state index in [1.807, 2.05) is 0 Å². The molecule has 7 heteroatoms. The van der Waals surface area contributed by atoms with E-state index in [0.717, 1.165) is 91.3 Å². The van der Waals surface area contributed by atoms with Crippen molar-refractivity contribution in [1.29, 1.82) is 0 Å². The topological polar surface area (TPSA) is 73.7 Å². The molecule has 0 aromatic heterocycles. The van der Waals surface area contributed by atoms with Crippen LogP contribution in [0.25, 0.3) is 0 Å². The molecular weight excluding hydrogens is 332 g/mol. The SMILES string of the molecule is CCN1CCCN(CCO)CCCN(CCO)CCN(CCO)CCC1. The summed E-state index contributed by atoms with van der Waals surface area (Å²) < 4.78 is 0. The summed E-state index contributed by atoms with van der Waals surface area (Å²) in [5, 5.41) is 28.0. The third kappa shape index (κ3) is 10.8. The Morgan fingerprint density at radius 1 is 0.500 bits per heavy atom. The van der Waals surface area contributed by atoms with Gasteiger partial charge in [-0.25, -0.2) is 0 Å². The molecule has 0 amide bonds. The standard InChI is InChI=1S/C19H42N4O3/c1-2-20-6-3-8-21(14-17-24)9-5-11-23(16-19-26)13-12-22(15-18-25)10-4-7-20/h24-26H,2-19H2,1H3. The molecule has 1 heterocycles. The summed E-state index contributed by atoms with van der Waals surface area (Å²) in [7, 11) is 0. The maximum absolute atomic E-state index is 9.34. The highest BCUT2D eigenvalue weighted by molar-refractivity contribution is 4.68. The summed E-state index contributed by atoms with van der Waals surface area (Å²) >= 11 is 0. The van der Waals surface area contributed by atoms with E-state index < -0.39 is 0 Å². The second kappa shape index (κ2) is 15.7. The third-order valence-corrected chi connectivity index (χ3v) is 5.27. The highest BCUT2D eigenvalue weighted by Crippen LogP contribution is 2.03. The van der Waals surface area contributed by atoms with E-state index >= 15 is 0 Å². The van der Waals surface area contributed by atoms with Crippen molar-refractivity contribution in [2.75, 3.05) is 98.4 Å². The number of hydrogen-bond donors (Lipinski definition) is 3. The van der Waals surface area contributed by atoms with Gasteiger partial charge >= 0.3 is 0 Å². The van der Waals surface area contributed by atoms with E-state index in [-0.39, 0.29) is 19.8 Å². The van der Waals surface area contributed by atoms with Crippen LogP contribution in [0.4, 0.5) is 0 Å². The van der Waals surface area contributed by atoms with E-state index in [9.17, 15) is 15.3 Å². The van der Waals surface area contributed by atoms with Crippen LogP contribution in [0, 0.1) is 0 Å². The largest absolute Gasteiger partial charge is 0.395 e. The second-order valence-electron chi connectivity index (χ2n) is 7.19. The molecule has 156 valence electrons. The number of hydrogen-bond acceptors (Lipinski definition) is 7. The molecular formula is C19H42N4O3. The average Bonchev–Trinajstić information content (AvgIpc) is 2.64. The van der Waals surface area contributed by atoms with Gasteiger partial charge in [-0.1, -0.05) is 6.92 Å². The summed E-state index contributed by atoms with van der Waals surface area (Å²) in [6.07, 6.45) is 3.31. The van der Waals surface area contributed by atoms with Crippen LogP contribution >= 0.6 is 0 Å². The molecule has 1 aliphatic rings. The smallest absolute Gasteiger partial charge is 0.0558 e. The Morgan fingerprint density at radius 2 is 0.808 bits per heavy atom. The lowest BCUT2D eigenvalue weighted by Gasteiger charge is -2.28. The van der Waals surface area contributed by atoms with Crippen molar-refractivity contribution in [2.45, 2.75) is 26.2 Å². The zero-order valence-electron chi connectivity index (χ0n) is 16.9. The summed E-state index contributed by atoms with van der Waals surface area (Å²) in [5.41, 5.74) is 0. The van der Waals surface area contributed by atoms with Crippen LogP contribution in [0.1, 0.15) is 26.2 Å². The molecule has 1 aliphatic heterocycles. The van der Waals surface area contributed by atoms with Crippen molar-refractivity contribution >= 4 is 0 Å². The summed E-state index contributed by atoms with van der Waals surface area (Å²) in [6, 6.07) is 0. The van der Waals surface area contributed by atoms with Gasteiger partial charge in [-0.3, -0.25) is 9.80 Å². The lowest BCUT2D eigenvalue weighted by molar-refractivity contribution is 0.142. The van der Waals surface area contributed by atoms with Gasteiger partial charge in [-0.15, -0.1) is 0 Å². The van der Waals surface area contributed by atoms with Crippen molar-refractivity contribution in [3.8, 4) is 0 Å². The molecule has 0 aliphatic carbocycles. The first-order chi connectivity index (χ1) is 12.7. The van der Waals surface area contributed by atoms with Crippen molar-refractivity contribution < 1.29 is 15.3 Å². The molecule has 3 N–H and O–H groups in total. The van der Waals surface area contributed by atoms with Gasteiger partial charge in [0.25, 0.3) is 0 Å². The first-order valence-electron chi connectivity index (χ1n) is 10.5. The van der Waals surface area contributed by atoms with Gasteiger partial charge in [-0.2, -0.15) is 0 Å². The van der Waals surface area contributed by atoms with E-state index in [4.69, 9.17) is 0 Å². The van der Waals surface area contributed by atoms with E-state index in [0.29, 0.717) is 6.54 Å². The summed E-state index contributed by atoms with van der Waals surface area (Å²) in [4.78, 5) is 9.53. The van der Waals surface area contributed by atoms with Gasteiger partial charge in [0.15, 0.2) is 0 Å². The Labute approximate surface area is 160 Å². The van der Waals surface area contributed by atoms with Gasteiger partial charge < -0.3 is 25.1 Å².